The van der Waals surface area contributed by atoms with Crippen LogP contribution in [0.25, 0.3) is 0 Å². The minimum atomic E-state index is 0.0531. The zero-order valence-electron chi connectivity index (χ0n) is 11.4. The minimum absolute atomic E-state index is 0.0531. The first-order valence-corrected chi connectivity index (χ1v) is 6.70. The summed E-state index contributed by atoms with van der Waals surface area (Å²) < 4.78 is 14.8. The lowest BCUT2D eigenvalue weighted by atomic mass is 10.1. The molecule has 0 spiro atoms. The van der Waals surface area contributed by atoms with Crippen molar-refractivity contribution in [3.8, 4) is 11.5 Å². The number of aromatic nitrogens is 2. The average molecular weight is 279 g/mol. The highest BCUT2D eigenvalue weighted by atomic mass is 32.1. The lowest BCUT2D eigenvalue weighted by Gasteiger charge is -2.17. The number of nitrogens with zero attached hydrogens (tertiary/aromatic N) is 2. The molecule has 0 unspecified atom stereocenters. The molecule has 0 aliphatic rings. The lowest BCUT2D eigenvalue weighted by Crippen LogP contribution is -2.08. The Bertz CT molecular complexity index is 557. The molecule has 0 bridgehead atoms. The molecule has 0 saturated carbocycles. The molecule has 0 radical (unpaired) electrons. The molecule has 2 aromatic rings. The third kappa shape index (κ3) is 3.14. The van der Waals surface area contributed by atoms with E-state index in [1.54, 1.807) is 14.2 Å². The summed E-state index contributed by atoms with van der Waals surface area (Å²) in [5.41, 5.74) is 1.02. The van der Waals surface area contributed by atoms with E-state index in [1.807, 2.05) is 32.0 Å². The van der Waals surface area contributed by atoms with E-state index in [2.05, 4.69) is 14.7 Å². The molecule has 0 aliphatic carbocycles. The number of hydrogen-bond acceptors (Lipinski definition) is 6. The molecular formula is C13H17N3O2S. The first-order valence-electron chi connectivity index (χ1n) is 5.92. The van der Waals surface area contributed by atoms with Crippen LogP contribution in [0, 0.1) is 6.92 Å². The number of nitrogens with one attached hydrogen (secondary N) is 1. The van der Waals surface area contributed by atoms with Gasteiger partial charge in [0.2, 0.25) is 5.13 Å². The van der Waals surface area contributed by atoms with Crippen LogP contribution in [-0.4, -0.2) is 23.6 Å². The summed E-state index contributed by atoms with van der Waals surface area (Å²) in [6, 6.07) is 5.80. The normalized spacial score (nSPS) is 12.0. The molecule has 19 heavy (non-hydrogen) atoms. The summed E-state index contributed by atoms with van der Waals surface area (Å²) in [5, 5.41) is 4.12. The van der Waals surface area contributed by atoms with Gasteiger partial charge in [0.1, 0.15) is 17.3 Å². The van der Waals surface area contributed by atoms with Gasteiger partial charge in [0.15, 0.2) is 0 Å². The third-order valence-corrected chi connectivity index (χ3v) is 3.51. The van der Waals surface area contributed by atoms with Crippen LogP contribution < -0.4 is 14.8 Å². The maximum atomic E-state index is 5.38. The monoisotopic (exact) mass is 279 g/mol. The predicted octanol–water partition coefficient (Wildman–Crippen LogP) is 3.04. The highest BCUT2D eigenvalue weighted by Gasteiger charge is 2.14. The number of rotatable bonds is 5. The largest absolute Gasteiger partial charge is 0.497 e. The molecule has 2 rings (SSSR count). The van der Waals surface area contributed by atoms with Crippen molar-refractivity contribution < 1.29 is 9.47 Å². The summed E-state index contributed by atoms with van der Waals surface area (Å²) in [6.45, 7) is 3.92. The second kappa shape index (κ2) is 5.88. The SMILES string of the molecule is COc1ccc(OC)c([C@@H](C)Nc2nc(C)ns2)c1. The van der Waals surface area contributed by atoms with Gasteiger partial charge < -0.3 is 14.8 Å². The van der Waals surface area contributed by atoms with E-state index >= 15 is 0 Å². The topological polar surface area (TPSA) is 56.3 Å². The van der Waals surface area contributed by atoms with Crippen molar-refractivity contribution in [2.75, 3.05) is 19.5 Å². The van der Waals surface area contributed by atoms with E-state index in [1.165, 1.54) is 11.5 Å². The molecule has 1 atom stereocenters. The number of hydrogen-bond donors (Lipinski definition) is 1. The Kier molecular flexibility index (Phi) is 4.21. The van der Waals surface area contributed by atoms with Crippen LogP contribution >= 0.6 is 11.5 Å². The van der Waals surface area contributed by atoms with Gasteiger partial charge in [-0.3, -0.25) is 0 Å². The van der Waals surface area contributed by atoms with E-state index in [4.69, 9.17) is 9.47 Å². The minimum Gasteiger partial charge on any atom is -0.497 e. The summed E-state index contributed by atoms with van der Waals surface area (Å²) in [4.78, 5) is 4.30. The number of methoxy groups -OCH3 is 2. The van der Waals surface area contributed by atoms with Gasteiger partial charge in [0, 0.05) is 17.1 Å². The van der Waals surface area contributed by atoms with E-state index in [-0.39, 0.29) is 6.04 Å². The van der Waals surface area contributed by atoms with Gasteiger partial charge >= 0.3 is 0 Å². The van der Waals surface area contributed by atoms with Crippen molar-refractivity contribution in [1.82, 2.24) is 9.36 Å². The van der Waals surface area contributed by atoms with Crippen molar-refractivity contribution in [2.24, 2.45) is 0 Å². The number of aryl methyl sites for hydroxylation is 1. The van der Waals surface area contributed by atoms with Crippen LogP contribution in [0.2, 0.25) is 0 Å². The standard InChI is InChI=1S/C13H17N3O2S/c1-8(14-13-15-9(2)16-19-13)11-7-10(17-3)5-6-12(11)18-4/h5-8H,1-4H3,(H,14,15,16)/t8-/m1/s1. The van der Waals surface area contributed by atoms with E-state index in [0.717, 1.165) is 28.0 Å². The van der Waals surface area contributed by atoms with Gasteiger partial charge in [-0.05, 0) is 32.0 Å². The van der Waals surface area contributed by atoms with E-state index in [0.29, 0.717) is 0 Å². The second-order valence-electron chi connectivity index (χ2n) is 4.12. The fourth-order valence-corrected chi connectivity index (χ4v) is 2.46. The second-order valence-corrected chi connectivity index (χ2v) is 4.87. The van der Waals surface area contributed by atoms with Gasteiger partial charge in [-0.25, -0.2) is 4.98 Å². The highest BCUT2D eigenvalue weighted by molar-refractivity contribution is 7.09. The maximum Gasteiger partial charge on any atom is 0.203 e. The molecule has 0 saturated heterocycles. The van der Waals surface area contributed by atoms with Crippen molar-refractivity contribution >= 4 is 16.7 Å². The Morgan fingerprint density at radius 2 is 2.05 bits per heavy atom. The lowest BCUT2D eigenvalue weighted by molar-refractivity contribution is 0.397. The zero-order chi connectivity index (χ0) is 13.8. The molecule has 0 fully saturated rings. The van der Waals surface area contributed by atoms with Crippen molar-refractivity contribution in [1.29, 1.82) is 0 Å². The maximum absolute atomic E-state index is 5.38. The Labute approximate surface area is 116 Å². The fourth-order valence-electron chi connectivity index (χ4n) is 1.80. The summed E-state index contributed by atoms with van der Waals surface area (Å²) >= 11 is 1.35. The first kappa shape index (κ1) is 13.6. The van der Waals surface area contributed by atoms with Gasteiger partial charge in [-0.1, -0.05) is 0 Å². The quantitative estimate of drug-likeness (QED) is 0.911. The van der Waals surface area contributed by atoms with Crippen LogP contribution in [-0.2, 0) is 0 Å². The van der Waals surface area contributed by atoms with Crippen LogP contribution in [0.4, 0.5) is 5.13 Å². The first-order chi connectivity index (χ1) is 9.13. The van der Waals surface area contributed by atoms with E-state index in [9.17, 15) is 0 Å². The number of anilines is 1. The van der Waals surface area contributed by atoms with Crippen LogP contribution in [0.1, 0.15) is 24.4 Å². The van der Waals surface area contributed by atoms with Gasteiger partial charge in [-0.2, -0.15) is 4.37 Å². The molecule has 5 nitrogen and oxygen atoms in total. The molecule has 0 amide bonds. The van der Waals surface area contributed by atoms with E-state index < -0.39 is 0 Å². The number of ether oxygens (including phenoxy) is 2. The summed E-state index contributed by atoms with van der Waals surface area (Å²) in [6.07, 6.45) is 0. The third-order valence-electron chi connectivity index (χ3n) is 2.77. The molecule has 102 valence electrons. The predicted molar refractivity (Wildman–Crippen MR) is 76.2 cm³/mol. The fraction of sp³-hybridized carbons (Fsp3) is 0.385. The van der Waals surface area contributed by atoms with Crippen molar-refractivity contribution in [3.63, 3.8) is 0 Å². The Morgan fingerprint density at radius 1 is 1.26 bits per heavy atom. The summed E-state index contributed by atoms with van der Waals surface area (Å²) in [7, 11) is 3.31. The Hall–Kier alpha value is -1.82. The molecule has 0 aliphatic heterocycles. The Morgan fingerprint density at radius 3 is 2.63 bits per heavy atom. The van der Waals surface area contributed by atoms with Crippen molar-refractivity contribution in [2.45, 2.75) is 19.9 Å². The van der Waals surface area contributed by atoms with Gasteiger partial charge in [0.05, 0.1) is 20.3 Å². The average Bonchev–Trinajstić information content (AvgIpc) is 2.83. The van der Waals surface area contributed by atoms with Crippen molar-refractivity contribution in [3.05, 3.63) is 29.6 Å². The molecule has 1 N–H and O–H groups in total. The molecular weight excluding hydrogens is 262 g/mol. The number of benzene rings is 1. The Balaban J connectivity index is 2.23. The molecule has 6 heteroatoms. The van der Waals surface area contributed by atoms with Crippen LogP contribution in [0.15, 0.2) is 18.2 Å². The van der Waals surface area contributed by atoms with Crippen LogP contribution in [0.3, 0.4) is 0 Å². The molecule has 1 heterocycles. The molecule has 1 aromatic carbocycles. The highest BCUT2D eigenvalue weighted by Crippen LogP contribution is 2.31. The van der Waals surface area contributed by atoms with Gasteiger partial charge in [-0.15, -0.1) is 0 Å². The van der Waals surface area contributed by atoms with Gasteiger partial charge in [0.25, 0.3) is 0 Å². The molecule has 1 aromatic heterocycles. The summed E-state index contributed by atoms with van der Waals surface area (Å²) in [5.74, 6) is 2.40. The smallest absolute Gasteiger partial charge is 0.203 e. The zero-order valence-corrected chi connectivity index (χ0v) is 12.2. The van der Waals surface area contributed by atoms with Crippen LogP contribution in [0.5, 0.6) is 11.5 Å².